The number of para-hydroxylation sites is 2. The number of oxazole rings is 1. The molecule has 2 heterocycles. The number of fused-ring (bicyclic) bond motifs is 1. The number of nitrogens with zero attached hydrogens (tertiary/aromatic N) is 3. The molecule has 0 unspecified atom stereocenters. The first-order valence-corrected chi connectivity index (χ1v) is 11.4. The third-order valence-electron chi connectivity index (χ3n) is 5.58. The maximum absolute atomic E-state index is 12.9. The average Bonchev–Trinajstić information content (AvgIpc) is 3.07. The van der Waals surface area contributed by atoms with E-state index in [-0.39, 0.29) is 23.3 Å². The Hall–Kier alpha value is -4.24. The maximum Gasteiger partial charge on any atom is 0.302 e. The summed E-state index contributed by atoms with van der Waals surface area (Å²) in [6.45, 7) is 8.52. The topological polar surface area (TPSA) is 126 Å². The van der Waals surface area contributed by atoms with E-state index in [0.717, 1.165) is 26.1 Å². The number of allylic oxidation sites excluding steroid dienone is 2. The van der Waals surface area contributed by atoms with Gasteiger partial charge < -0.3 is 20.4 Å². The Labute approximate surface area is 203 Å². The molecular formula is C26H28N6O3. The van der Waals surface area contributed by atoms with Crippen LogP contribution in [0, 0.1) is 0 Å². The fourth-order valence-electron chi connectivity index (χ4n) is 3.76. The Morgan fingerprint density at radius 1 is 1.14 bits per heavy atom. The van der Waals surface area contributed by atoms with Crippen LogP contribution in [0.1, 0.15) is 29.3 Å². The van der Waals surface area contributed by atoms with Gasteiger partial charge >= 0.3 is 6.01 Å². The van der Waals surface area contributed by atoms with E-state index in [1.807, 2.05) is 17.0 Å². The predicted molar refractivity (Wildman–Crippen MR) is 136 cm³/mol. The van der Waals surface area contributed by atoms with Gasteiger partial charge in [-0.05, 0) is 50.2 Å². The van der Waals surface area contributed by atoms with Crippen molar-refractivity contribution >= 4 is 34.6 Å². The molecule has 2 amide bonds. The molecule has 1 saturated heterocycles. The molecule has 1 aliphatic rings. The second-order valence-electron chi connectivity index (χ2n) is 8.15. The smallest absolute Gasteiger partial charge is 0.302 e. The van der Waals surface area contributed by atoms with Crippen LogP contribution in [0.4, 0.5) is 6.01 Å². The molecule has 4 rings (SSSR count). The molecule has 180 valence electrons. The molecule has 35 heavy (non-hydrogen) atoms. The molecule has 0 spiro atoms. The van der Waals surface area contributed by atoms with E-state index < -0.39 is 5.91 Å². The Bertz CT molecular complexity index is 1260. The van der Waals surface area contributed by atoms with Gasteiger partial charge in [0.05, 0.1) is 5.71 Å². The zero-order chi connectivity index (χ0) is 24.8. The number of benzene rings is 2. The fourth-order valence-corrected chi connectivity index (χ4v) is 3.76. The monoisotopic (exact) mass is 472 g/mol. The molecule has 0 aliphatic carbocycles. The predicted octanol–water partition coefficient (Wildman–Crippen LogP) is 3.07. The van der Waals surface area contributed by atoms with Crippen molar-refractivity contribution in [1.82, 2.24) is 15.2 Å². The van der Waals surface area contributed by atoms with Gasteiger partial charge in [0.25, 0.3) is 11.8 Å². The summed E-state index contributed by atoms with van der Waals surface area (Å²) >= 11 is 0. The molecule has 1 fully saturated rings. The number of carbonyl (C=O) groups is 2. The molecule has 2 aromatic carbocycles. The second-order valence-corrected chi connectivity index (χ2v) is 8.15. The Balaban J connectivity index is 1.53. The van der Waals surface area contributed by atoms with Crippen LogP contribution in [0.5, 0.6) is 0 Å². The summed E-state index contributed by atoms with van der Waals surface area (Å²) in [5.41, 5.74) is 9.12. The van der Waals surface area contributed by atoms with Crippen molar-refractivity contribution in [1.29, 1.82) is 0 Å². The lowest BCUT2D eigenvalue weighted by Gasteiger charge is -2.20. The number of carbonyl (C=O) groups excluding carboxylic acids is 2. The van der Waals surface area contributed by atoms with Gasteiger partial charge in [-0.2, -0.15) is 4.98 Å². The van der Waals surface area contributed by atoms with Gasteiger partial charge in [-0.25, -0.2) is 4.99 Å². The molecule has 0 atom stereocenters. The van der Waals surface area contributed by atoms with E-state index in [9.17, 15) is 9.59 Å². The first-order chi connectivity index (χ1) is 17.0. The van der Waals surface area contributed by atoms with Crippen LogP contribution in [-0.2, 0) is 4.79 Å². The number of anilines is 1. The number of nitrogens with two attached hydrogens (primary N) is 1. The third-order valence-corrected chi connectivity index (χ3v) is 5.58. The summed E-state index contributed by atoms with van der Waals surface area (Å²) in [4.78, 5) is 36.3. The number of hydrogen-bond acceptors (Lipinski definition) is 7. The van der Waals surface area contributed by atoms with Crippen molar-refractivity contribution in [3.05, 3.63) is 83.7 Å². The number of rotatable bonds is 6. The van der Waals surface area contributed by atoms with E-state index >= 15 is 0 Å². The minimum Gasteiger partial charge on any atom is -0.423 e. The summed E-state index contributed by atoms with van der Waals surface area (Å²) in [6, 6.07) is 14.3. The van der Waals surface area contributed by atoms with Crippen LogP contribution in [0.2, 0.25) is 0 Å². The van der Waals surface area contributed by atoms with Crippen LogP contribution in [-0.4, -0.2) is 53.6 Å². The molecular weight excluding hydrogens is 444 g/mol. The van der Waals surface area contributed by atoms with Gasteiger partial charge in [0.2, 0.25) is 0 Å². The molecule has 1 aliphatic heterocycles. The van der Waals surface area contributed by atoms with Gasteiger partial charge in [-0.15, -0.1) is 0 Å². The third kappa shape index (κ3) is 5.64. The fraction of sp³-hybridized carbons (Fsp3) is 0.231. The average molecular weight is 473 g/mol. The van der Waals surface area contributed by atoms with Crippen molar-refractivity contribution in [2.75, 3.05) is 31.5 Å². The lowest BCUT2D eigenvalue weighted by molar-refractivity contribution is -0.113. The normalized spacial score (nSPS) is 15.3. The minimum atomic E-state index is -0.558. The Kier molecular flexibility index (Phi) is 7.37. The number of amides is 2. The van der Waals surface area contributed by atoms with Gasteiger partial charge in [-0.1, -0.05) is 30.8 Å². The summed E-state index contributed by atoms with van der Waals surface area (Å²) in [7, 11) is 0. The quantitative estimate of drug-likeness (QED) is 0.374. The SMILES string of the molecule is C=CC(=N/C(C(=O)Nc1nc2ccccc2o1)=C(\C)N)c1ccc(C(=O)N2CCCNCC2)cc1. The Morgan fingerprint density at radius 3 is 2.60 bits per heavy atom. The van der Waals surface area contributed by atoms with E-state index in [4.69, 9.17) is 10.2 Å². The van der Waals surface area contributed by atoms with Gasteiger partial charge in [0.15, 0.2) is 5.58 Å². The van der Waals surface area contributed by atoms with Gasteiger partial charge in [0, 0.05) is 36.5 Å². The molecule has 3 aromatic rings. The second kappa shape index (κ2) is 10.8. The molecule has 0 radical (unpaired) electrons. The van der Waals surface area contributed by atoms with Crippen molar-refractivity contribution < 1.29 is 14.0 Å². The van der Waals surface area contributed by atoms with Crippen LogP contribution in [0.25, 0.3) is 11.1 Å². The minimum absolute atomic E-state index is 0.00607. The highest BCUT2D eigenvalue weighted by Crippen LogP contribution is 2.19. The largest absolute Gasteiger partial charge is 0.423 e. The number of aromatic nitrogens is 1. The molecule has 9 heteroatoms. The van der Waals surface area contributed by atoms with E-state index in [1.54, 1.807) is 43.3 Å². The first kappa shape index (κ1) is 23.9. The highest BCUT2D eigenvalue weighted by atomic mass is 16.4. The molecule has 1 aromatic heterocycles. The summed E-state index contributed by atoms with van der Waals surface area (Å²) in [5.74, 6) is -0.564. The van der Waals surface area contributed by atoms with Crippen molar-refractivity contribution in [2.45, 2.75) is 13.3 Å². The first-order valence-electron chi connectivity index (χ1n) is 11.4. The lowest BCUT2D eigenvalue weighted by Crippen LogP contribution is -2.34. The molecule has 9 nitrogen and oxygen atoms in total. The van der Waals surface area contributed by atoms with Gasteiger partial charge in [0.1, 0.15) is 11.2 Å². The van der Waals surface area contributed by atoms with E-state index in [2.05, 4.69) is 27.2 Å². The van der Waals surface area contributed by atoms with Crippen molar-refractivity contribution in [3.63, 3.8) is 0 Å². The van der Waals surface area contributed by atoms with Gasteiger partial charge in [-0.3, -0.25) is 14.9 Å². The van der Waals surface area contributed by atoms with Crippen LogP contribution in [0.15, 0.2) is 82.0 Å². The molecule has 0 saturated carbocycles. The van der Waals surface area contributed by atoms with E-state index in [0.29, 0.717) is 34.5 Å². The highest BCUT2D eigenvalue weighted by Gasteiger charge is 2.18. The number of aliphatic imine (C=N–C) groups is 1. The van der Waals surface area contributed by atoms with Crippen LogP contribution < -0.4 is 16.4 Å². The maximum atomic E-state index is 12.9. The zero-order valence-corrected chi connectivity index (χ0v) is 19.6. The number of nitrogens with one attached hydrogen (secondary N) is 2. The summed E-state index contributed by atoms with van der Waals surface area (Å²) in [5, 5.41) is 5.90. The van der Waals surface area contributed by atoms with E-state index in [1.165, 1.54) is 6.08 Å². The Morgan fingerprint density at radius 2 is 1.89 bits per heavy atom. The molecule has 0 bridgehead atoms. The van der Waals surface area contributed by atoms with Crippen LogP contribution in [0.3, 0.4) is 0 Å². The number of hydrogen-bond donors (Lipinski definition) is 3. The summed E-state index contributed by atoms with van der Waals surface area (Å²) in [6.07, 6.45) is 2.46. The van der Waals surface area contributed by atoms with Crippen molar-refractivity contribution in [3.8, 4) is 0 Å². The standard InChI is InChI=1S/C26H28N6O3/c1-3-20(18-9-11-19(12-10-18)25(34)32-15-6-13-28-14-16-32)29-23(17(2)27)24(33)31-26-30-21-7-4-5-8-22(21)35-26/h3-5,7-12,28H,1,6,13-16,27H2,2H3,(H,30,31,33)/b23-17+,29-20?. The lowest BCUT2D eigenvalue weighted by atomic mass is 10.1. The van der Waals surface area contributed by atoms with Crippen molar-refractivity contribution in [2.24, 2.45) is 10.7 Å². The van der Waals surface area contributed by atoms with Crippen LogP contribution >= 0.6 is 0 Å². The zero-order valence-electron chi connectivity index (χ0n) is 19.6. The molecule has 4 N–H and O–H groups in total. The summed E-state index contributed by atoms with van der Waals surface area (Å²) < 4.78 is 5.56. The highest BCUT2D eigenvalue weighted by molar-refractivity contribution is 6.13.